The van der Waals surface area contributed by atoms with Crippen LogP contribution in [0, 0.1) is 0 Å². The highest BCUT2D eigenvalue weighted by atomic mass is 14.7. The van der Waals surface area contributed by atoms with Crippen LogP contribution in [-0.4, -0.2) is 19.6 Å². The number of nitrogens with two attached hydrogens (primary N) is 1. The van der Waals surface area contributed by atoms with E-state index in [1.807, 2.05) is 34.9 Å². The molecule has 0 aromatic heterocycles. The number of hydrogen-bond acceptors (Lipinski definition) is 2. The lowest BCUT2D eigenvalue weighted by Crippen LogP contribution is -2.26. The van der Waals surface area contributed by atoms with Crippen molar-refractivity contribution in [3.8, 4) is 0 Å². The van der Waals surface area contributed by atoms with Gasteiger partial charge in [0.1, 0.15) is 0 Å². The molecule has 2 nitrogen and oxygen atoms in total. The van der Waals surface area contributed by atoms with Crippen molar-refractivity contribution in [2.75, 3.05) is 14.1 Å². The molecule has 0 unspecified atom stereocenters. The van der Waals surface area contributed by atoms with Crippen LogP contribution >= 0.6 is 0 Å². The molecule has 52 valence electrons. The molecule has 0 saturated carbocycles. The van der Waals surface area contributed by atoms with Crippen LogP contribution in [0.2, 0.25) is 0 Å². The highest BCUT2D eigenvalue weighted by Crippen LogP contribution is 1.88. The zero-order valence-electron chi connectivity index (χ0n) is 6.58. The molecule has 0 aliphatic heterocycles. The van der Waals surface area contributed by atoms with Gasteiger partial charge in [0.2, 0.25) is 0 Å². The zero-order chi connectivity index (χ0) is 7.21. The Hall–Kier alpha value is -0.0800. The Kier molecular flexibility index (Phi) is 6.85. The Morgan fingerprint density at radius 3 is 1.12 bits per heavy atom. The van der Waals surface area contributed by atoms with Gasteiger partial charge in [-0.15, -0.1) is 0 Å². The van der Waals surface area contributed by atoms with E-state index < -0.39 is 0 Å². The van der Waals surface area contributed by atoms with E-state index in [1.54, 1.807) is 0 Å². The van der Waals surface area contributed by atoms with E-state index in [1.165, 1.54) is 0 Å². The first-order valence-corrected chi connectivity index (χ1v) is 2.79. The van der Waals surface area contributed by atoms with Crippen LogP contribution in [0.5, 0.6) is 0 Å². The molecule has 0 atom stereocenters. The molecule has 2 heteroatoms. The Morgan fingerprint density at radius 2 is 1.12 bits per heavy atom. The molecular formula is C6H18N2. The van der Waals surface area contributed by atoms with Gasteiger partial charge < -0.3 is 11.1 Å². The van der Waals surface area contributed by atoms with Crippen LogP contribution in [0.25, 0.3) is 0 Å². The third-order valence-electron chi connectivity index (χ3n) is 0. The third-order valence-corrected chi connectivity index (χ3v) is 0. The summed E-state index contributed by atoms with van der Waals surface area (Å²) in [4.78, 5) is 0. The SMILES string of the molecule is CC(C)(C)N.CNC. The van der Waals surface area contributed by atoms with Gasteiger partial charge in [-0.2, -0.15) is 0 Å². The van der Waals surface area contributed by atoms with Crippen molar-refractivity contribution in [3.63, 3.8) is 0 Å². The van der Waals surface area contributed by atoms with Gasteiger partial charge in [-0.05, 0) is 34.9 Å². The van der Waals surface area contributed by atoms with E-state index in [4.69, 9.17) is 5.73 Å². The van der Waals surface area contributed by atoms with E-state index in [0.717, 1.165) is 0 Å². The summed E-state index contributed by atoms with van der Waals surface area (Å²) < 4.78 is 0. The van der Waals surface area contributed by atoms with E-state index in [0.29, 0.717) is 0 Å². The van der Waals surface area contributed by atoms with E-state index in [2.05, 4.69) is 5.32 Å². The Bertz CT molecular complexity index is 30.3. The monoisotopic (exact) mass is 118 g/mol. The van der Waals surface area contributed by atoms with Gasteiger partial charge >= 0.3 is 0 Å². The molecule has 3 N–H and O–H groups in total. The predicted molar refractivity (Wildman–Crippen MR) is 38.9 cm³/mol. The normalized spacial score (nSPS) is 9.75. The van der Waals surface area contributed by atoms with Crippen molar-refractivity contribution in [3.05, 3.63) is 0 Å². The van der Waals surface area contributed by atoms with Crippen LogP contribution in [0.1, 0.15) is 20.8 Å². The van der Waals surface area contributed by atoms with Crippen molar-refractivity contribution < 1.29 is 0 Å². The number of hydrogen-bond donors (Lipinski definition) is 2. The summed E-state index contributed by atoms with van der Waals surface area (Å²) in [6.07, 6.45) is 0. The van der Waals surface area contributed by atoms with Crippen LogP contribution in [0.4, 0.5) is 0 Å². The van der Waals surface area contributed by atoms with Crippen molar-refractivity contribution in [1.29, 1.82) is 0 Å². The fourth-order valence-electron chi connectivity index (χ4n) is 0. The number of nitrogens with one attached hydrogen (secondary N) is 1. The number of rotatable bonds is 0. The summed E-state index contributed by atoms with van der Waals surface area (Å²) in [7, 11) is 3.75. The summed E-state index contributed by atoms with van der Waals surface area (Å²) in [5.41, 5.74) is 5.35. The topological polar surface area (TPSA) is 38.0 Å². The van der Waals surface area contributed by atoms with E-state index in [-0.39, 0.29) is 5.54 Å². The van der Waals surface area contributed by atoms with Gasteiger partial charge in [0, 0.05) is 5.54 Å². The second-order valence-corrected chi connectivity index (χ2v) is 2.87. The zero-order valence-corrected chi connectivity index (χ0v) is 6.58. The van der Waals surface area contributed by atoms with Crippen molar-refractivity contribution in [2.24, 2.45) is 5.73 Å². The second kappa shape index (κ2) is 5.06. The van der Waals surface area contributed by atoms with Gasteiger partial charge in [0.15, 0.2) is 0 Å². The largest absolute Gasteiger partial charge is 0.326 e. The lowest BCUT2D eigenvalue weighted by atomic mass is 10.1. The standard InChI is InChI=1S/C4H11N.C2H7N/c1-4(2,3)5;1-3-2/h5H2,1-3H3;3H,1-2H3. The Balaban J connectivity index is 0. The molecular weight excluding hydrogens is 100 g/mol. The maximum absolute atomic E-state index is 5.35. The molecule has 0 aromatic carbocycles. The molecule has 8 heavy (non-hydrogen) atoms. The first kappa shape index (κ1) is 10.8. The summed E-state index contributed by atoms with van der Waals surface area (Å²) >= 11 is 0. The molecule has 0 spiro atoms. The predicted octanol–water partition coefficient (Wildman–Crippen LogP) is 0.579. The maximum Gasteiger partial charge on any atom is 0.00686 e. The van der Waals surface area contributed by atoms with Crippen LogP contribution in [0.15, 0.2) is 0 Å². The summed E-state index contributed by atoms with van der Waals surface area (Å²) in [5, 5.41) is 2.75. The first-order chi connectivity index (χ1) is 3.41. The van der Waals surface area contributed by atoms with Crippen molar-refractivity contribution in [1.82, 2.24) is 5.32 Å². The van der Waals surface area contributed by atoms with Crippen LogP contribution in [0.3, 0.4) is 0 Å². The quantitative estimate of drug-likeness (QED) is 0.488. The molecule has 0 radical (unpaired) electrons. The van der Waals surface area contributed by atoms with Crippen molar-refractivity contribution >= 4 is 0 Å². The van der Waals surface area contributed by atoms with Crippen LogP contribution in [-0.2, 0) is 0 Å². The molecule has 0 bridgehead atoms. The summed E-state index contributed by atoms with van der Waals surface area (Å²) in [6, 6.07) is 0. The Morgan fingerprint density at radius 1 is 1.12 bits per heavy atom. The van der Waals surface area contributed by atoms with E-state index in [9.17, 15) is 0 Å². The minimum atomic E-state index is 0. The third kappa shape index (κ3) is 22400. The van der Waals surface area contributed by atoms with Gasteiger partial charge in [0.05, 0.1) is 0 Å². The minimum Gasteiger partial charge on any atom is -0.326 e. The van der Waals surface area contributed by atoms with E-state index >= 15 is 0 Å². The highest BCUT2D eigenvalue weighted by molar-refractivity contribution is 4.60. The molecule has 0 rings (SSSR count). The highest BCUT2D eigenvalue weighted by Gasteiger charge is 1.95. The van der Waals surface area contributed by atoms with Gasteiger partial charge in [-0.1, -0.05) is 0 Å². The fourth-order valence-corrected chi connectivity index (χ4v) is 0. The molecule has 0 aliphatic carbocycles. The van der Waals surface area contributed by atoms with Crippen molar-refractivity contribution in [2.45, 2.75) is 26.3 Å². The smallest absolute Gasteiger partial charge is 0.00686 e. The summed E-state index contributed by atoms with van der Waals surface area (Å²) in [5.74, 6) is 0. The Labute approximate surface area is 52.5 Å². The molecule has 0 aliphatic rings. The maximum atomic E-state index is 5.35. The lowest BCUT2D eigenvalue weighted by Gasteiger charge is -2.06. The van der Waals surface area contributed by atoms with Gasteiger partial charge in [-0.25, -0.2) is 0 Å². The molecule has 0 saturated heterocycles. The molecule has 0 heterocycles. The summed E-state index contributed by atoms with van der Waals surface area (Å²) in [6.45, 7) is 5.90. The fraction of sp³-hybridized carbons (Fsp3) is 1.00. The molecule has 0 fully saturated rings. The lowest BCUT2D eigenvalue weighted by molar-refractivity contribution is 0.580. The molecule has 0 aromatic rings. The average molecular weight is 118 g/mol. The first-order valence-electron chi connectivity index (χ1n) is 2.79. The minimum absolute atomic E-state index is 0. The molecule has 0 amide bonds. The average Bonchev–Trinajstić information content (AvgIpc) is 1.27. The second-order valence-electron chi connectivity index (χ2n) is 2.87. The van der Waals surface area contributed by atoms with Gasteiger partial charge in [-0.3, -0.25) is 0 Å². The van der Waals surface area contributed by atoms with Crippen LogP contribution < -0.4 is 11.1 Å². The van der Waals surface area contributed by atoms with Gasteiger partial charge in [0.25, 0.3) is 0 Å².